The van der Waals surface area contributed by atoms with Crippen LogP contribution < -0.4 is 20.1 Å². The molecule has 1 heterocycles. The van der Waals surface area contributed by atoms with Crippen molar-refractivity contribution in [3.05, 3.63) is 23.8 Å². The highest BCUT2D eigenvalue weighted by molar-refractivity contribution is 14.0. The van der Waals surface area contributed by atoms with Crippen LogP contribution in [-0.2, 0) is 15.9 Å². The Labute approximate surface area is 204 Å². The Morgan fingerprint density at radius 3 is 2.65 bits per heavy atom. The zero-order valence-electron chi connectivity index (χ0n) is 19.3. The van der Waals surface area contributed by atoms with Crippen molar-refractivity contribution in [2.45, 2.75) is 52.1 Å². The van der Waals surface area contributed by atoms with Crippen molar-refractivity contribution in [2.24, 2.45) is 4.99 Å². The van der Waals surface area contributed by atoms with Gasteiger partial charge in [-0.2, -0.15) is 0 Å². The number of hydrogen-bond acceptors (Lipinski definition) is 5. The van der Waals surface area contributed by atoms with Gasteiger partial charge in [-0.05, 0) is 63.6 Å². The summed E-state index contributed by atoms with van der Waals surface area (Å²) in [6, 6.07) is 6.12. The first-order chi connectivity index (χ1) is 14.8. The van der Waals surface area contributed by atoms with Gasteiger partial charge in [-0.1, -0.05) is 6.07 Å². The molecule has 0 bridgehead atoms. The summed E-state index contributed by atoms with van der Waals surface area (Å²) in [5, 5.41) is 6.70. The fourth-order valence-electron chi connectivity index (χ4n) is 3.33. The molecule has 0 spiro atoms. The van der Waals surface area contributed by atoms with Gasteiger partial charge in [0.25, 0.3) is 0 Å². The summed E-state index contributed by atoms with van der Waals surface area (Å²) in [6.07, 6.45) is 5.28. The number of aryl methyl sites for hydroxylation is 1. The maximum atomic E-state index is 5.92. The third kappa shape index (κ3) is 11.2. The van der Waals surface area contributed by atoms with Crippen molar-refractivity contribution in [1.29, 1.82) is 0 Å². The predicted molar refractivity (Wildman–Crippen MR) is 136 cm³/mol. The van der Waals surface area contributed by atoms with Gasteiger partial charge in [-0.15, -0.1) is 24.0 Å². The Bertz CT molecular complexity index is 625. The first kappa shape index (κ1) is 27.8. The largest absolute Gasteiger partial charge is 0.493 e. The molecule has 178 valence electrons. The van der Waals surface area contributed by atoms with E-state index in [0.717, 1.165) is 89.0 Å². The summed E-state index contributed by atoms with van der Waals surface area (Å²) in [7, 11) is 1.67. The van der Waals surface area contributed by atoms with Crippen LogP contribution in [0.1, 0.15) is 45.1 Å². The second kappa shape index (κ2) is 17.3. The van der Waals surface area contributed by atoms with Crippen LogP contribution in [0.3, 0.4) is 0 Å². The van der Waals surface area contributed by atoms with E-state index in [0.29, 0.717) is 12.7 Å². The van der Waals surface area contributed by atoms with Gasteiger partial charge in [0.05, 0.1) is 19.8 Å². The highest BCUT2D eigenvalue weighted by Gasteiger charge is 2.13. The summed E-state index contributed by atoms with van der Waals surface area (Å²) in [5.74, 6) is 2.45. The fourth-order valence-corrected chi connectivity index (χ4v) is 3.33. The fraction of sp³-hybridized carbons (Fsp3) is 0.696. The van der Waals surface area contributed by atoms with Gasteiger partial charge in [0.2, 0.25) is 0 Å². The topological polar surface area (TPSA) is 73.3 Å². The number of ether oxygens (including phenoxy) is 4. The molecule has 0 atom stereocenters. The lowest BCUT2D eigenvalue weighted by atomic mass is 10.1. The van der Waals surface area contributed by atoms with Crippen LogP contribution >= 0.6 is 24.0 Å². The van der Waals surface area contributed by atoms with Crippen LogP contribution in [-0.4, -0.2) is 65.2 Å². The summed E-state index contributed by atoms with van der Waals surface area (Å²) >= 11 is 0. The molecule has 2 rings (SSSR count). The number of hydrogen-bond donors (Lipinski definition) is 2. The van der Waals surface area contributed by atoms with Crippen LogP contribution in [0, 0.1) is 0 Å². The molecule has 31 heavy (non-hydrogen) atoms. The van der Waals surface area contributed by atoms with E-state index < -0.39 is 0 Å². The average Bonchev–Trinajstić information content (AvgIpc) is 2.77. The van der Waals surface area contributed by atoms with E-state index in [2.05, 4.69) is 34.7 Å². The maximum absolute atomic E-state index is 5.92. The molecule has 1 aliphatic rings. The van der Waals surface area contributed by atoms with E-state index in [1.54, 1.807) is 7.11 Å². The minimum Gasteiger partial charge on any atom is -0.493 e. The number of guanidine groups is 1. The summed E-state index contributed by atoms with van der Waals surface area (Å²) < 4.78 is 22.3. The Kier molecular flexibility index (Phi) is 15.5. The maximum Gasteiger partial charge on any atom is 0.191 e. The van der Waals surface area contributed by atoms with Crippen molar-refractivity contribution in [3.63, 3.8) is 0 Å². The molecule has 8 heteroatoms. The third-order valence-electron chi connectivity index (χ3n) is 4.90. The molecular weight excluding hydrogens is 509 g/mol. The van der Waals surface area contributed by atoms with E-state index in [1.807, 2.05) is 13.0 Å². The van der Waals surface area contributed by atoms with Gasteiger partial charge in [0.15, 0.2) is 17.5 Å². The van der Waals surface area contributed by atoms with Crippen molar-refractivity contribution in [3.8, 4) is 11.5 Å². The van der Waals surface area contributed by atoms with Crippen LogP contribution in [0.5, 0.6) is 11.5 Å². The average molecular weight is 549 g/mol. The lowest BCUT2D eigenvalue weighted by Gasteiger charge is -2.22. The molecule has 0 saturated carbocycles. The van der Waals surface area contributed by atoms with Crippen molar-refractivity contribution in [2.75, 3.05) is 53.2 Å². The Hall–Kier alpha value is -1.26. The highest BCUT2D eigenvalue weighted by Crippen LogP contribution is 2.28. The first-order valence-electron chi connectivity index (χ1n) is 11.3. The molecule has 0 radical (unpaired) electrons. The lowest BCUT2D eigenvalue weighted by molar-refractivity contribution is -0.0320. The molecule has 1 aromatic carbocycles. The number of benzene rings is 1. The van der Waals surface area contributed by atoms with E-state index in [9.17, 15) is 0 Å². The number of halogens is 1. The molecular formula is C23H40IN3O4. The molecule has 2 N–H and O–H groups in total. The minimum atomic E-state index is 0. The SMILES string of the molecule is CCNC(=NCCCc1ccc(OC)c(OCC)c1)NCCCOC1CCOCC1.I. The quantitative estimate of drug-likeness (QED) is 0.169. The second-order valence-corrected chi connectivity index (χ2v) is 7.25. The van der Waals surface area contributed by atoms with Crippen LogP contribution in [0.25, 0.3) is 0 Å². The molecule has 1 aliphatic heterocycles. The molecule has 1 saturated heterocycles. The van der Waals surface area contributed by atoms with Gasteiger partial charge in [-0.3, -0.25) is 4.99 Å². The molecule has 0 amide bonds. The lowest BCUT2D eigenvalue weighted by Crippen LogP contribution is -2.38. The van der Waals surface area contributed by atoms with E-state index in [4.69, 9.17) is 18.9 Å². The molecule has 7 nitrogen and oxygen atoms in total. The third-order valence-corrected chi connectivity index (χ3v) is 4.90. The van der Waals surface area contributed by atoms with Crippen LogP contribution in [0.15, 0.2) is 23.2 Å². The molecule has 0 unspecified atom stereocenters. The number of rotatable bonds is 13. The van der Waals surface area contributed by atoms with Crippen LogP contribution in [0.4, 0.5) is 0 Å². The number of nitrogens with zero attached hydrogens (tertiary/aromatic N) is 1. The van der Waals surface area contributed by atoms with Gasteiger partial charge in [0.1, 0.15) is 0 Å². The molecule has 1 fully saturated rings. The first-order valence-corrected chi connectivity index (χ1v) is 11.3. The normalized spacial score (nSPS) is 14.6. The van der Waals surface area contributed by atoms with E-state index >= 15 is 0 Å². The van der Waals surface area contributed by atoms with Gasteiger partial charge in [0, 0.05) is 39.5 Å². The standard InChI is InChI=1S/C23H39N3O4.HI/c1-4-24-23(26-14-7-15-30-20-11-16-28-17-12-20)25-13-6-8-19-9-10-21(27-3)22(18-19)29-5-2;/h9-10,18,20H,4-8,11-17H2,1-3H3,(H2,24,25,26);1H. The molecule has 0 aromatic heterocycles. The van der Waals surface area contributed by atoms with Crippen molar-refractivity contribution in [1.82, 2.24) is 10.6 Å². The molecule has 1 aromatic rings. The zero-order chi connectivity index (χ0) is 21.4. The number of methoxy groups -OCH3 is 1. The van der Waals surface area contributed by atoms with Crippen molar-refractivity contribution < 1.29 is 18.9 Å². The number of nitrogens with one attached hydrogen (secondary N) is 2. The highest BCUT2D eigenvalue weighted by atomic mass is 127. The Morgan fingerprint density at radius 2 is 1.94 bits per heavy atom. The monoisotopic (exact) mass is 549 g/mol. The van der Waals surface area contributed by atoms with Crippen molar-refractivity contribution >= 4 is 29.9 Å². The summed E-state index contributed by atoms with van der Waals surface area (Å²) in [5.41, 5.74) is 1.23. The van der Waals surface area contributed by atoms with E-state index in [-0.39, 0.29) is 24.0 Å². The van der Waals surface area contributed by atoms with Gasteiger partial charge in [-0.25, -0.2) is 0 Å². The minimum absolute atomic E-state index is 0. The Balaban J connectivity index is 0.00000480. The Morgan fingerprint density at radius 1 is 1.13 bits per heavy atom. The number of aliphatic imine (C=N–C) groups is 1. The van der Waals surface area contributed by atoms with Gasteiger partial charge < -0.3 is 29.6 Å². The molecule has 0 aliphatic carbocycles. The summed E-state index contributed by atoms with van der Waals surface area (Å²) in [6.45, 7) is 9.58. The van der Waals surface area contributed by atoms with Gasteiger partial charge >= 0.3 is 0 Å². The second-order valence-electron chi connectivity index (χ2n) is 7.25. The van der Waals surface area contributed by atoms with Crippen LogP contribution in [0.2, 0.25) is 0 Å². The summed E-state index contributed by atoms with van der Waals surface area (Å²) in [4.78, 5) is 4.69. The zero-order valence-corrected chi connectivity index (χ0v) is 21.6. The smallest absolute Gasteiger partial charge is 0.191 e. The predicted octanol–water partition coefficient (Wildman–Crippen LogP) is 3.79. The van der Waals surface area contributed by atoms with E-state index in [1.165, 1.54) is 5.56 Å².